The van der Waals surface area contributed by atoms with Crippen molar-refractivity contribution in [2.24, 2.45) is 10.8 Å². The highest BCUT2D eigenvalue weighted by atomic mass is 19.1. The van der Waals surface area contributed by atoms with Gasteiger partial charge in [-0.2, -0.15) is 0 Å². The average Bonchev–Trinajstić information content (AvgIpc) is 2.95. The van der Waals surface area contributed by atoms with E-state index in [4.69, 9.17) is 9.47 Å². The van der Waals surface area contributed by atoms with Gasteiger partial charge in [-0.1, -0.05) is 65.2 Å². The van der Waals surface area contributed by atoms with Gasteiger partial charge in [-0.05, 0) is 71.9 Å². The molecule has 6 heteroatoms. The number of nitrogens with zero attached hydrogens (tertiary/aromatic N) is 1. The molecular formula is C37H44FNO4. The van der Waals surface area contributed by atoms with E-state index in [0.29, 0.717) is 30.4 Å². The summed E-state index contributed by atoms with van der Waals surface area (Å²) in [6.45, 7) is 9.04. The van der Waals surface area contributed by atoms with Crippen molar-refractivity contribution in [1.82, 2.24) is 4.90 Å². The fourth-order valence-electron chi connectivity index (χ4n) is 7.83. The summed E-state index contributed by atoms with van der Waals surface area (Å²) in [6, 6.07) is 12.4. The van der Waals surface area contributed by atoms with Gasteiger partial charge < -0.3 is 14.4 Å². The molecule has 3 aliphatic carbocycles. The van der Waals surface area contributed by atoms with Crippen LogP contribution in [0.3, 0.4) is 0 Å². The Bertz CT molecular complexity index is 1440. The minimum absolute atomic E-state index is 0.143. The molecule has 0 unspecified atom stereocenters. The number of hydrogen-bond donors (Lipinski definition) is 0. The molecule has 0 spiro atoms. The topological polar surface area (TPSA) is 55.8 Å². The number of carbonyl (C=O) groups excluding carboxylic acids is 2. The first-order chi connectivity index (χ1) is 20.5. The van der Waals surface area contributed by atoms with E-state index in [1.54, 1.807) is 19.2 Å². The zero-order valence-corrected chi connectivity index (χ0v) is 26.2. The van der Waals surface area contributed by atoms with E-state index in [1.165, 1.54) is 31.4 Å². The molecule has 228 valence electrons. The van der Waals surface area contributed by atoms with Crippen LogP contribution in [0.1, 0.15) is 103 Å². The molecule has 0 N–H and O–H groups in total. The summed E-state index contributed by atoms with van der Waals surface area (Å²) in [6.07, 6.45) is 8.38. The summed E-state index contributed by atoms with van der Waals surface area (Å²) in [4.78, 5) is 30.8. The molecule has 1 fully saturated rings. The highest BCUT2D eigenvalue weighted by Crippen LogP contribution is 2.56. The van der Waals surface area contributed by atoms with Crippen LogP contribution in [0.4, 0.5) is 4.39 Å². The molecule has 0 aromatic heterocycles. The van der Waals surface area contributed by atoms with Crippen molar-refractivity contribution in [2.75, 3.05) is 7.11 Å². The number of halogens is 1. The van der Waals surface area contributed by atoms with E-state index in [-0.39, 0.29) is 34.8 Å². The number of ketones is 2. The maximum atomic E-state index is 14.2. The lowest BCUT2D eigenvalue weighted by Gasteiger charge is -2.52. The highest BCUT2D eigenvalue weighted by Gasteiger charge is 2.50. The second-order valence-electron chi connectivity index (χ2n) is 14.5. The maximum absolute atomic E-state index is 14.2. The van der Waals surface area contributed by atoms with Crippen LogP contribution in [0.15, 0.2) is 65.0 Å². The standard InChI is InChI=1S/C37H44FNO4/c1-36(2)18-27-34(29(40)20-36)33(24-13-16-31(32(17-24)42-5)43-22-23-11-14-25(38)15-12-23)35-28(19-37(3,4)21-30(35)41)39(27)26-9-7-6-8-10-26/h11-17,26,33H,6-10,18-22H2,1-5H3. The van der Waals surface area contributed by atoms with Crippen molar-refractivity contribution in [3.8, 4) is 11.5 Å². The van der Waals surface area contributed by atoms with E-state index in [1.807, 2.05) is 18.2 Å². The van der Waals surface area contributed by atoms with Crippen LogP contribution >= 0.6 is 0 Å². The fraction of sp³-hybridized carbons (Fsp3) is 0.514. The molecule has 0 atom stereocenters. The largest absolute Gasteiger partial charge is 0.493 e. The van der Waals surface area contributed by atoms with Gasteiger partial charge in [-0.25, -0.2) is 4.39 Å². The van der Waals surface area contributed by atoms with Crippen molar-refractivity contribution in [1.29, 1.82) is 0 Å². The number of benzene rings is 2. The smallest absolute Gasteiger partial charge is 0.162 e. The number of Topliss-reactive ketones (excluding diaryl/α,β-unsaturated/α-hetero) is 2. The van der Waals surface area contributed by atoms with Crippen molar-refractivity contribution in [3.63, 3.8) is 0 Å². The molecule has 0 saturated heterocycles. The molecule has 4 aliphatic rings. The maximum Gasteiger partial charge on any atom is 0.162 e. The Morgan fingerprint density at radius 1 is 0.791 bits per heavy atom. The van der Waals surface area contributed by atoms with Crippen LogP contribution in [0.25, 0.3) is 0 Å². The minimum Gasteiger partial charge on any atom is -0.493 e. The summed E-state index contributed by atoms with van der Waals surface area (Å²) in [7, 11) is 1.60. The Hall–Kier alpha value is -3.41. The lowest BCUT2D eigenvalue weighted by molar-refractivity contribution is -0.119. The summed E-state index contributed by atoms with van der Waals surface area (Å²) >= 11 is 0. The number of hydrogen-bond acceptors (Lipinski definition) is 5. The van der Waals surface area contributed by atoms with Crippen LogP contribution in [-0.2, 0) is 16.2 Å². The Kier molecular flexibility index (Phi) is 7.76. The van der Waals surface area contributed by atoms with Gasteiger partial charge in [0.2, 0.25) is 0 Å². The van der Waals surface area contributed by atoms with Crippen molar-refractivity contribution < 1.29 is 23.5 Å². The van der Waals surface area contributed by atoms with Gasteiger partial charge in [0.25, 0.3) is 0 Å². The predicted octanol–water partition coefficient (Wildman–Crippen LogP) is 8.43. The minimum atomic E-state index is -0.419. The first-order valence-electron chi connectivity index (χ1n) is 15.8. The SMILES string of the molecule is COc1cc(C2C3=C(CC(C)(C)CC3=O)N(C3CCCCC3)C3=C2C(=O)CC(C)(C)C3)ccc1OCc1ccc(F)cc1. The molecular weight excluding hydrogens is 541 g/mol. The quantitative estimate of drug-likeness (QED) is 0.341. The molecule has 2 aromatic carbocycles. The van der Waals surface area contributed by atoms with Crippen LogP contribution in [-0.4, -0.2) is 29.6 Å². The number of carbonyl (C=O) groups is 2. The highest BCUT2D eigenvalue weighted by molar-refractivity contribution is 6.06. The first-order valence-corrected chi connectivity index (χ1v) is 15.8. The van der Waals surface area contributed by atoms with Gasteiger partial charge in [-0.3, -0.25) is 9.59 Å². The molecule has 2 aromatic rings. The zero-order chi connectivity index (χ0) is 30.5. The number of rotatable bonds is 6. The third kappa shape index (κ3) is 5.77. The molecule has 1 heterocycles. The Morgan fingerprint density at radius 2 is 1.37 bits per heavy atom. The molecule has 0 amide bonds. The lowest BCUT2D eigenvalue weighted by atomic mass is 9.63. The molecule has 0 radical (unpaired) electrons. The van der Waals surface area contributed by atoms with E-state index in [2.05, 4.69) is 32.6 Å². The first kappa shape index (κ1) is 29.7. The second kappa shape index (κ2) is 11.3. The van der Waals surface area contributed by atoms with Gasteiger partial charge in [0, 0.05) is 47.3 Å². The number of ether oxygens (including phenoxy) is 2. The normalized spacial score (nSPS) is 22.4. The second-order valence-corrected chi connectivity index (χ2v) is 14.5. The fourth-order valence-corrected chi connectivity index (χ4v) is 7.83. The molecule has 0 bridgehead atoms. The van der Waals surface area contributed by atoms with E-state index >= 15 is 0 Å². The van der Waals surface area contributed by atoms with E-state index < -0.39 is 5.92 Å². The van der Waals surface area contributed by atoms with E-state index in [9.17, 15) is 14.0 Å². The predicted molar refractivity (Wildman–Crippen MR) is 165 cm³/mol. The van der Waals surface area contributed by atoms with Gasteiger partial charge in [-0.15, -0.1) is 0 Å². The molecule has 43 heavy (non-hydrogen) atoms. The number of allylic oxidation sites excluding steroid dienone is 4. The number of methoxy groups -OCH3 is 1. The van der Waals surface area contributed by atoms with E-state index in [0.717, 1.165) is 59.4 Å². The van der Waals surface area contributed by atoms with Gasteiger partial charge >= 0.3 is 0 Å². The Balaban J connectivity index is 1.47. The molecule has 6 rings (SSSR count). The van der Waals surface area contributed by atoms with Crippen LogP contribution < -0.4 is 9.47 Å². The molecule has 1 saturated carbocycles. The summed E-state index contributed by atoms with van der Waals surface area (Å²) in [5, 5.41) is 0. The average molecular weight is 586 g/mol. The summed E-state index contributed by atoms with van der Waals surface area (Å²) in [5.41, 5.74) is 5.33. The van der Waals surface area contributed by atoms with Gasteiger partial charge in [0.15, 0.2) is 23.1 Å². The van der Waals surface area contributed by atoms with Crippen LogP contribution in [0, 0.1) is 16.6 Å². The third-order valence-corrected chi connectivity index (χ3v) is 9.72. The van der Waals surface area contributed by atoms with Crippen LogP contribution in [0.2, 0.25) is 0 Å². The van der Waals surface area contributed by atoms with Crippen LogP contribution in [0.5, 0.6) is 11.5 Å². The van der Waals surface area contributed by atoms with Crippen molar-refractivity contribution in [3.05, 3.63) is 81.9 Å². The van der Waals surface area contributed by atoms with Gasteiger partial charge in [0.05, 0.1) is 7.11 Å². The monoisotopic (exact) mass is 585 g/mol. The van der Waals surface area contributed by atoms with Gasteiger partial charge in [0.1, 0.15) is 12.4 Å². The molecule has 5 nitrogen and oxygen atoms in total. The summed E-state index contributed by atoms with van der Waals surface area (Å²) in [5.74, 6) is 0.700. The summed E-state index contributed by atoms with van der Waals surface area (Å²) < 4.78 is 25.3. The Morgan fingerprint density at radius 3 is 1.93 bits per heavy atom. The zero-order valence-electron chi connectivity index (χ0n) is 26.2. The van der Waals surface area contributed by atoms with Crippen molar-refractivity contribution >= 4 is 11.6 Å². The lowest BCUT2D eigenvalue weighted by Crippen LogP contribution is -2.48. The Labute approximate surface area is 255 Å². The van der Waals surface area contributed by atoms with Crippen molar-refractivity contribution in [2.45, 2.75) is 104 Å². The third-order valence-electron chi connectivity index (χ3n) is 9.72. The molecule has 1 aliphatic heterocycles.